The van der Waals surface area contributed by atoms with E-state index in [0.29, 0.717) is 19.3 Å². The van der Waals surface area contributed by atoms with Gasteiger partial charge < -0.3 is 4.74 Å². The Morgan fingerprint density at radius 3 is 2.58 bits per heavy atom. The number of rotatable bonds is 1. The van der Waals surface area contributed by atoms with Crippen molar-refractivity contribution >= 4 is 11.8 Å². The fourth-order valence-electron chi connectivity index (χ4n) is 2.00. The zero-order valence-electron chi connectivity index (χ0n) is 6.92. The van der Waals surface area contributed by atoms with Crippen LogP contribution < -0.4 is 5.32 Å². The number of methoxy groups -OCH3 is 1. The topological polar surface area (TPSA) is 55.4 Å². The van der Waals surface area contributed by atoms with Crippen molar-refractivity contribution in [2.75, 3.05) is 7.11 Å². The molecule has 1 saturated carbocycles. The summed E-state index contributed by atoms with van der Waals surface area (Å²) in [5, 5.41) is 2.32. The highest BCUT2D eigenvalue weighted by atomic mass is 16.5. The van der Waals surface area contributed by atoms with E-state index in [1.807, 2.05) is 0 Å². The molecule has 4 nitrogen and oxygen atoms in total. The molecule has 1 spiro atoms. The molecule has 1 N–H and O–H groups in total. The molecule has 12 heavy (non-hydrogen) atoms. The Morgan fingerprint density at radius 1 is 1.50 bits per heavy atom. The lowest BCUT2D eigenvalue weighted by atomic mass is 9.65. The van der Waals surface area contributed by atoms with E-state index < -0.39 is 5.41 Å². The zero-order valence-corrected chi connectivity index (χ0v) is 6.92. The van der Waals surface area contributed by atoms with Gasteiger partial charge in [0.2, 0.25) is 11.8 Å². The second-order valence-electron chi connectivity index (χ2n) is 3.60. The van der Waals surface area contributed by atoms with Gasteiger partial charge in [0.05, 0.1) is 11.5 Å². The van der Waals surface area contributed by atoms with E-state index >= 15 is 0 Å². The molecule has 1 heterocycles. The van der Waals surface area contributed by atoms with E-state index in [9.17, 15) is 9.59 Å². The predicted octanol–water partition coefficient (Wildman–Crippen LogP) is -0.172. The van der Waals surface area contributed by atoms with Crippen LogP contribution in [0, 0.1) is 5.41 Å². The van der Waals surface area contributed by atoms with Crippen LogP contribution in [0.15, 0.2) is 0 Å². The smallest absolute Gasteiger partial charge is 0.233 e. The summed E-state index contributed by atoms with van der Waals surface area (Å²) in [6, 6.07) is 0. The summed E-state index contributed by atoms with van der Waals surface area (Å²) < 4.78 is 5.07. The number of hydrogen-bond acceptors (Lipinski definition) is 3. The SMILES string of the molecule is COC1CC2(CC(=O)NC2=O)C1. The highest BCUT2D eigenvalue weighted by molar-refractivity contribution is 6.06. The molecule has 2 aliphatic rings. The molecule has 1 aliphatic carbocycles. The van der Waals surface area contributed by atoms with Gasteiger partial charge in [0.1, 0.15) is 0 Å². The number of hydrogen-bond donors (Lipinski definition) is 1. The molecular weight excluding hydrogens is 158 g/mol. The van der Waals surface area contributed by atoms with Gasteiger partial charge in [-0.05, 0) is 12.8 Å². The van der Waals surface area contributed by atoms with Gasteiger partial charge in [-0.3, -0.25) is 14.9 Å². The van der Waals surface area contributed by atoms with E-state index in [4.69, 9.17) is 4.74 Å². The maximum absolute atomic E-state index is 11.3. The average molecular weight is 169 g/mol. The molecule has 0 bridgehead atoms. The zero-order chi connectivity index (χ0) is 8.77. The summed E-state index contributed by atoms with van der Waals surface area (Å²) in [4.78, 5) is 22.1. The Labute approximate surface area is 70.3 Å². The highest BCUT2D eigenvalue weighted by Gasteiger charge is 2.55. The van der Waals surface area contributed by atoms with Crippen molar-refractivity contribution in [3.63, 3.8) is 0 Å². The molecule has 0 aromatic rings. The lowest BCUT2D eigenvalue weighted by Crippen LogP contribution is -2.46. The van der Waals surface area contributed by atoms with Crippen molar-refractivity contribution in [3.05, 3.63) is 0 Å². The largest absolute Gasteiger partial charge is 0.381 e. The van der Waals surface area contributed by atoms with E-state index in [2.05, 4.69) is 5.32 Å². The minimum Gasteiger partial charge on any atom is -0.381 e. The molecular formula is C8H11NO3. The molecule has 66 valence electrons. The van der Waals surface area contributed by atoms with Crippen LogP contribution >= 0.6 is 0 Å². The standard InChI is InChI=1S/C8H11NO3/c1-12-5-2-8(3-5)4-6(10)9-7(8)11/h5H,2-4H2,1H3,(H,9,10,11). The monoisotopic (exact) mass is 169 g/mol. The summed E-state index contributed by atoms with van der Waals surface area (Å²) >= 11 is 0. The Kier molecular flexibility index (Phi) is 1.48. The molecule has 4 heteroatoms. The maximum Gasteiger partial charge on any atom is 0.233 e. The first-order valence-corrected chi connectivity index (χ1v) is 4.03. The van der Waals surface area contributed by atoms with Crippen LogP contribution in [0.25, 0.3) is 0 Å². The number of carbonyl (C=O) groups is 2. The van der Waals surface area contributed by atoms with Crippen molar-refractivity contribution in [1.82, 2.24) is 5.32 Å². The van der Waals surface area contributed by atoms with Crippen molar-refractivity contribution < 1.29 is 14.3 Å². The lowest BCUT2D eigenvalue weighted by molar-refractivity contribution is -0.141. The molecule has 1 aliphatic heterocycles. The second-order valence-corrected chi connectivity index (χ2v) is 3.60. The quantitative estimate of drug-likeness (QED) is 0.554. The van der Waals surface area contributed by atoms with Crippen LogP contribution in [0.4, 0.5) is 0 Å². The van der Waals surface area contributed by atoms with Crippen LogP contribution in [0.3, 0.4) is 0 Å². The van der Waals surface area contributed by atoms with Gasteiger partial charge in [0, 0.05) is 13.5 Å². The molecule has 0 aromatic heterocycles. The van der Waals surface area contributed by atoms with Gasteiger partial charge in [-0.25, -0.2) is 0 Å². The Morgan fingerprint density at radius 2 is 2.17 bits per heavy atom. The Bertz CT molecular complexity index is 243. The van der Waals surface area contributed by atoms with Crippen LogP contribution in [0.2, 0.25) is 0 Å². The maximum atomic E-state index is 11.3. The molecule has 1 saturated heterocycles. The Hall–Kier alpha value is -0.900. The van der Waals surface area contributed by atoms with Crippen LogP contribution in [-0.2, 0) is 14.3 Å². The third kappa shape index (κ3) is 0.876. The average Bonchev–Trinajstić information content (AvgIpc) is 2.22. The van der Waals surface area contributed by atoms with Crippen molar-refractivity contribution in [2.24, 2.45) is 5.41 Å². The van der Waals surface area contributed by atoms with E-state index in [1.54, 1.807) is 7.11 Å². The summed E-state index contributed by atoms with van der Waals surface area (Å²) in [7, 11) is 1.63. The molecule has 2 fully saturated rings. The van der Waals surface area contributed by atoms with Gasteiger partial charge in [-0.15, -0.1) is 0 Å². The van der Waals surface area contributed by atoms with E-state index in [0.717, 1.165) is 0 Å². The van der Waals surface area contributed by atoms with Gasteiger partial charge in [0.25, 0.3) is 0 Å². The third-order valence-electron chi connectivity index (χ3n) is 2.80. The molecule has 0 radical (unpaired) electrons. The summed E-state index contributed by atoms with van der Waals surface area (Å²) in [6.07, 6.45) is 1.91. The fourth-order valence-corrected chi connectivity index (χ4v) is 2.00. The lowest BCUT2D eigenvalue weighted by Gasteiger charge is -2.40. The number of imide groups is 1. The van der Waals surface area contributed by atoms with Crippen molar-refractivity contribution in [3.8, 4) is 0 Å². The molecule has 0 aromatic carbocycles. The number of ether oxygens (including phenoxy) is 1. The Balaban J connectivity index is 2.06. The first-order chi connectivity index (χ1) is 5.66. The van der Waals surface area contributed by atoms with Gasteiger partial charge in [-0.2, -0.15) is 0 Å². The predicted molar refractivity (Wildman–Crippen MR) is 40.2 cm³/mol. The molecule has 0 atom stereocenters. The van der Waals surface area contributed by atoms with Crippen LogP contribution in [0.5, 0.6) is 0 Å². The number of amides is 2. The second kappa shape index (κ2) is 2.29. The summed E-state index contributed by atoms with van der Waals surface area (Å²) in [5.41, 5.74) is -0.405. The van der Waals surface area contributed by atoms with E-state index in [-0.39, 0.29) is 17.9 Å². The summed E-state index contributed by atoms with van der Waals surface area (Å²) in [6.45, 7) is 0. The normalized spacial score (nSPS) is 39.9. The molecule has 0 unspecified atom stereocenters. The summed E-state index contributed by atoms with van der Waals surface area (Å²) in [5.74, 6) is -0.254. The van der Waals surface area contributed by atoms with Gasteiger partial charge in [0.15, 0.2) is 0 Å². The van der Waals surface area contributed by atoms with E-state index in [1.165, 1.54) is 0 Å². The molecule has 2 amide bonds. The number of nitrogens with one attached hydrogen (secondary N) is 1. The van der Waals surface area contributed by atoms with Gasteiger partial charge in [-0.1, -0.05) is 0 Å². The fraction of sp³-hybridized carbons (Fsp3) is 0.750. The van der Waals surface area contributed by atoms with Crippen molar-refractivity contribution in [1.29, 1.82) is 0 Å². The number of carbonyl (C=O) groups excluding carboxylic acids is 2. The molecule has 2 rings (SSSR count). The minimum atomic E-state index is -0.405. The van der Waals surface area contributed by atoms with Crippen LogP contribution in [0.1, 0.15) is 19.3 Å². The van der Waals surface area contributed by atoms with Crippen molar-refractivity contribution in [2.45, 2.75) is 25.4 Å². The first-order valence-electron chi connectivity index (χ1n) is 4.03. The highest BCUT2D eigenvalue weighted by Crippen LogP contribution is 2.47. The first kappa shape index (κ1) is 7.73. The van der Waals surface area contributed by atoms with Crippen LogP contribution in [-0.4, -0.2) is 25.0 Å². The minimum absolute atomic E-state index is 0.110. The third-order valence-corrected chi connectivity index (χ3v) is 2.80. The van der Waals surface area contributed by atoms with Gasteiger partial charge >= 0.3 is 0 Å².